The van der Waals surface area contributed by atoms with Crippen molar-refractivity contribution in [1.82, 2.24) is 5.32 Å². The van der Waals surface area contributed by atoms with Gasteiger partial charge in [-0.25, -0.2) is 0 Å². The van der Waals surface area contributed by atoms with Gasteiger partial charge in [-0.15, -0.1) is 0 Å². The molecule has 110 valence electrons. The first kappa shape index (κ1) is 13.8. The summed E-state index contributed by atoms with van der Waals surface area (Å²) >= 11 is 0. The molecule has 0 amide bonds. The highest BCUT2D eigenvalue weighted by Gasteiger charge is 2.73. The fourth-order valence-corrected chi connectivity index (χ4v) is 3.17. The first-order valence-electron chi connectivity index (χ1n) is 6.60. The van der Waals surface area contributed by atoms with Gasteiger partial charge in [0.05, 0.1) is 6.61 Å². The summed E-state index contributed by atoms with van der Waals surface area (Å²) in [6.07, 6.45) is 0. The lowest BCUT2D eigenvalue weighted by molar-refractivity contribution is -0.166. The first-order valence-corrected chi connectivity index (χ1v) is 6.60. The topological polar surface area (TPSA) is 95.9 Å². The van der Waals surface area contributed by atoms with E-state index >= 15 is 0 Å². The van der Waals surface area contributed by atoms with Crippen molar-refractivity contribution in [1.29, 1.82) is 0 Å². The highest BCUT2D eigenvalue weighted by atomic mass is 16.5. The average Bonchev–Trinajstić information content (AvgIpc) is 2.75. The maximum atomic E-state index is 12.6. The minimum Gasteiger partial charge on any atom is -0.465 e. The Kier molecular flexibility index (Phi) is 2.73. The zero-order valence-electron chi connectivity index (χ0n) is 11.4. The van der Waals surface area contributed by atoms with Gasteiger partial charge in [0.2, 0.25) is 11.5 Å². The average molecular weight is 289 g/mol. The van der Waals surface area contributed by atoms with Crippen LogP contribution in [-0.2, 0) is 15.3 Å². The van der Waals surface area contributed by atoms with E-state index in [0.29, 0.717) is 0 Å². The zero-order valence-corrected chi connectivity index (χ0v) is 11.4. The van der Waals surface area contributed by atoms with E-state index in [2.05, 4.69) is 11.9 Å². The number of nitrogens with one attached hydrogen (secondary N) is 1. The minimum absolute atomic E-state index is 0.0568. The van der Waals surface area contributed by atoms with Crippen molar-refractivity contribution in [3.63, 3.8) is 0 Å². The molecule has 1 aromatic carbocycles. The molecule has 0 aromatic heterocycles. The lowest BCUT2D eigenvalue weighted by Crippen LogP contribution is -2.57. The molecule has 1 aromatic rings. The molecule has 1 aliphatic carbocycles. The van der Waals surface area contributed by atoms with Gasteiger partial charge in [0.15, 0.2) is 5.60 Å². The maximum Gasteiger partial charge on any atom is 0.318 e. The fraction of sp³-hybridized carbons (Fsp3) is 0.333. The summed E-state index contributed by atoms with van der Waals surface area (Å²) in [5.41, 5.74) is -3.96. The Bertz CT molecular complexity index is 670. The summed E-state index contributed by atoms with van der Waals surface area (Å²) in [4.78, 5) is 24.7. The van der Waals surface area contributed by atoms with Crippen LogP contribution in [0.4, 0.5) is 0 Å². The third-order valence-corrected chi connectivity index (χ3v) is 4.09. The van der Waals surface area contributed by atoms with E-state index in [1.807, 2.05) is 0 Å². The van der Waals surface area contributed by atoms with Crippen LogP contribution >= 0.6 is 0 Å². The fourth-order valence-electron chi connectivity index (χ4n) is 3.17. The molecule has 3 unspecified atom stereocenters. The first-order chi connectivity index (χ1) is 9.88. The molecule has 0 saturated carbocycles. The van der Waals surface area contributed by atoms with E-state index in [0.717, 1.165) is 0 Å². The molecule has 0 radical (unpaired) electrons. The van der Waals surface area contributed by atoms with Crippen LogP contribution in [0.25, 0.3) is 0 Å². The van der Waals surface area contributed by atoms with E-state index in [4.69, 9.17) is 4.74 Å². The Labute approximate surface area is 121 Å². The highest BCUT2D eigenvalue weighted by Crippen LogP contribution is 2.53. The van der Waals surface area contributed by atoms with Crippen LogP contribution in [0.5, 0.6) is 0 Å². The second-order valence-electron chi connectivity index (χ2n) is 5.19. The molecule has 1 fully saturated rings. The summed E-state index contributed by atoms with van der Waals surface area (Å²) in [7, 11) is 0. The second-order valence-corrected chi connectivity index (χ2v) is 5.19. The predicted molar refractivity (Wildman–Crippen MR) is 72.0 cm³/mol. The van der Waals surface area contributed by atoms with E-state index in [1.165, 1.54) is 12.1 Å². The summed E-state index contributed by atoms with van der Waals surface area (Å²) in [5, 5.41) is 24.3. The van der Waals surface area contributed by atoms with Crippen LogP contribution in [0.3, 0.4) is 0 Å². The number of Topliss-reactive ketones (excluding diaryl/α,β-unsaturated/α-hetero) is 1. The lowest BCUT2D eigenvalue weighted by atomic mass is 9.81. The van der Waals surface area contributed by atoms with Gasteiger partial charge in [-0.1, -0.05) is 30.8 Å². The number of ketones is 1. The second kappa shape index (κ2) is 4.16. The van der Waals surface area contributed by atoms with Gasteiger partial charge in [0.25, 0.3) is 0 Å². The smallest absolute Gasteiger partial charge is 0.318 e. The van der Waals surface area contributed by atoms with Gasteiger partial charge in [0, 0.05) is 16.8 Å². The molecule has 3 N–H and O–H groups in total. The third kappa shape index (κ3) is 1.43. The van der Waals surface area contributed by atoms with Gasteiger partial charge < -0.3 is 20.3 Å². The number of hydrogen-bond donors (Lipinski definition) is 3. The van der Waals surface area contributed by atoms with Crippen molar-refractivity contribution in [2.75, 3.05) is 6.61 Å². The zero-order chi connectivity index (χ0) is 15.4. The predicted octanol–water partition coefficient (Wildman–Crippen LogP) is 0.0553. The molecule has 21 heavy (non-hydrogen) atoms. The largest absolute Gasteiger partial charge is 0.465 e. The summed E-state index contributed by atoms with van der Waals surface area (Å²) in [6.45, 7) is 5.35. The van der Waals surface area contributed by atoms with Crippen molar-refractivity contribution in [2.45, 2.75) is 18.2 Å². The Morgan fingerprint density at radius 3 is 2.76 bits per heavy atom. The maximum absolute atomic E-state index is 12.6. The Hall–Kier alpha value is -2.18. The molecule has 0 bridgehead atoms. The lowest BCUT2D eigenvalue weighted by Gasteiger charge is -2.31. The molecule has 1 heterocycles. The number of carbonyl (C=O) groups excluding carboxylic acids is 2. The van der Waals surface area contributed by atoms with Gasteiger partial charge in [-0.3, -0.25) is 9.59 Å². The van der Waals surface area contributed by atoms with Crippen molar-refractivity contribution < 1.29 is 24.5 Å². The number of hydrogen-bond acceptors (Lipinski definition) is 6. The number of rotatable bonds is 2. The highest BCUT2D eigenvalue weighted by molar-refractivity contribution is 6.11. The number of carbonyl (C=O) groups is 2. The Morgan fingerprint density at radius 2 is 2.10 bits per heavy atom. The van der Waals surface area contributed by atoms with Crippen LogP contribution < -0.4 is 5.32 Å². The molecule has 1 aliphatic heterocycles. The molecule has 6 heteroatoms. The molecular formula is C15H15NO5. The Balaban J connectivity index is 2.19. The molecule has 0 spiro atoms. The van der Waals surface area contributed by atoms with Crippen molar-refractivity contribution in [3.8, 4) is 0 Å². The van der Waals surface area contributed by atoms with Crippen molar-refractivity contribution in [2.24, 2.45) is 5.92 Å². The normalized spacial score (nSPS) is 33.4. The summed E-state index contributed by atoms with van der Waals surface area (Å²) in [5.74, 6) is -2.87. The van der Waals surface area contributed by atoms with Crippen LogP contribution in [0.15, 0.2) is 36.5 Å². The molecule has 3 rings (SSSR count). The van der Waals surface area contributed by atoms with Crippen molar-refractivity contribution >= 4 is 11.8 Å². The summed E-state index contributed by atoms with van der Waals surface area (Å²) < 4.78 is 4.90. The van der Waals surface area contributed by atoms with Gasteiger partial charge in [-0.05, 0) is 6.92 Å². The van der Waals surface area contributed by atoms with E-state index < -0.39 is 29.0 Å². The van der Waals surface area contributed by atoms with E-state index in [9.17, 15) is 19.8 Å². The summed E-state index contributed by atoms with van der Waals surface area (Å²) in [6, 6.07) is 6.29. The van der Waals surface area contributed by atoms with Crippen molar-refractivity contribution in [3.05, 3.63) is 47.7 Å². The quantitative estimate of drug-likeness (QED) is 0.666. The standard InChI is InChI=1S/C15H15NO5/c1-3-21-13(18)11-8(2)16-15(20)10-7-5-4-6-9(10)12(17)14(11,15)19/h4-7,11,16,19-20H,2-3H2,1H3. The van der Waals surface area contributed by atoms with Crippen LogP contribution in [-0.4, -0.2) is 34.2 Å². The molecule has 3 atom stereocenters. The number of ether oxygens (including phenoxy) is 1. The van der Waals surface area contributed by atoms with Gasteiger partial charge in [-0.2, -0.15) is 0 Å². The monoisotopic (exact) mass is 289 g/mol. The minimum atomic E-state index is -2.35. The number of esters is 1. The van der Waals surface area contributed by atoms with Crippen LogP contribution in [0, 0.1) is 5.92 Å². The van der Waals surface area contributed by atoms with Crippen LogP contribution in [0.2, 0.25) is 0 Å². The number of aliphatic hydroxyl groups is 2. The Morgan fingerprint density at radius 1 is 1.43 bits per heavy atom. The molecule has 2 aliphatic rings. The number of benzene rings is 1. The molecule has 1 saturated heterocycles. The van der Waals surface area contributed by atoms with Crippen LogP contribution in [0.1, 0.15) is 22.8 Å². The molecular weight excluding hydrogens is 274 g/mol. The molecule has 6 nitrogen and oxygen atoms in total. The van der Waals surface area contributed by atoms with Gasteiger partial charge in [0.1, 0.15) is 5.92 Å². The SMILES string of the molecule is C=C1NC2(O)c3ccccc3C(=O)C2(O)C1C(=O)OCC. The third-order valence-electron chi connectivity index (χ3n) is 4.09. The number of fused-ring (bicyclic) bond motifs is 3. The van der Waals surface area contributed by atoms with E-state index in [-0.39, 0.29) is 23.4 Å². The van der Waals surface area contributed by atoms with Gasteiger partial charge >= 0.3 is 5.97 Å². The van der Waals surface area contributed by atoms with E-state index in [1.54, 1.807) is 19.1 Å².